The molecule has 0 aromatic heterocycles. The van der Waals surface area contributed by atoms with Crippen LogP contribution < -0.4 is 0 Å². The molecule has 0 spiro atoms. The first-order valence-corrected chi connectivity index (χ1v) is 5.17. The average Bonchev–Trinajstić information content (AvgIpc) is 2.34. The Morgan fingerprint density at radius 3 is 2.50 bits per heavy atom. The average molecular weight is 278 g/mol. The number of hydrogen-bond donors (Lipinski definition) is 0. The fourth-order valence-electron chi connectivity index (χ4n) is 1.37. The molecule has 96 valence electrons. The molecular formula is C11H7ClF3NO2. The molecule has 0 amide bonds. The summed E-state index contributed by atoms with van der Waals surface area (Å²) in [6, 6.07) is 2.87. The van der Waals surface area contributed by atoms with Gasteiger partial charge in [-0.05, 0) is 17.7 Å². The number of benzene rings is 1. The second kappa shape index (κ2) is 5.27. The van der Waals surface area contributed by atoms with Gasteiger partial charge in [0.1, 0.15) is 0 Å². The van der Waals surface area contributed by atoms with E-state index in [1.165, 1.54) is 0 Å². The second-order valence-electron chi connectivity index (χ2n) is 3.28. The van der Waals surface area contributed by atoms with Gasteiger partial charge in [-0.1, -0.05) is 0 Å². The first kappa shape index (κ1) is 14.3. The van der Waals surface area contributed by atoms with E-state index in [4.69, 9.17) is 16.9 Å². The number of halogens is 4. The molecule has 1 aromatic rings. The van der Waals surface area contributed by atoms with Gasteiger partial charge in [-0.25, -0.2) is 4.79 Å². The highest BCUT2D eigenvalue weighted by molar-refractivity contribution is 6.18. The third kappa shape index (κ3) is 2.74. The van der Waals surface area contributed by atoms with E-state index in [1.54, 1.807) is 6.07 Å². The van der Waals surface area contributed by atoms with Crippen LogP contribution in [-0.2, 0) is 16.8 Å². The van der Waals surface area contributed by atoms with Crippen molar-refractivity contribution >= 4 is 17.6 Å². The van der Waals surface area contributed by atoms with Gasteiger partial charge >= 0.3 is 12.1 Å². The molecule has 0 aliphatic rings. The Morgan fingerprint density at radius 1 is 1.50 bits per heavy atom. The number of carbonyl (C=O) groups excluding carboxylic acids is 1. The van der Waals surface area contributed by atoms with Gasteiger partial charge in [0.25, 0.3) is 0 Å². The first-order valence-electron chi connectivity index (χ1n) is 4.63. The maximum absolute atomic E-state index is 12.6. The van der Waals surface area contributed by atoms with Gasteiger partial charge in [0.05, 0.1) is 29.9 Å². The number of carbonyl (C=O) groups is 1. The molecule has 0 bridgehead atoms. The van der Waals surface area contributed by atoms with E-state index in [9.17, 15) is 18.0 Å². The minimum Gasteiger partial charge on any atom is -0.465 e. The predicted octanol–water partition coefficient (Wildman–Crippen LogP) is 3.10. The standard InChI is InChI=1S/C11H7ClF3NO2/c1-18-10(17)8-3-7(11(13,14)15)2-6(5-16)9(8)4-12/h2-3H,4H2,1H3. The highest BCUT2D eigenvalue weighted by Crippen LogP contribution is 2.32. The molecule has 0 radical (unpaired) electrons. The summed E-state index contributed by atoms with van der Waals surface area (Å²) >= 11 is 5.54. The Kier molecular flexibility index (Phi) is 4.19. The molecule has 3 nitrogen and oxygen atoms in total. The summed E-state index contributed by atoms with van der Waals surface area (Å²) in [6.45, 7) is 0. The van der Waals surface area contributed by atoms with Gasteiger partial charge in [0, 0.05) is 5.88 Å². The zero-order valence-corrected chi connectivity index (χ0v) is 9.89. The fraction of sp³-hybridized carbons (Fsp3) is 0.273. The molecule has 7 heteroatoms. The minimum absolute atomic E-state index is 0.0269. The summed E-state index contributed by atoms with van der Waals surface area (Å²) < 4.78 is 42.1. The smallest absolute Gasteiger partial charge is 0.416 e. The lowest BCUT2D eigenvalue weighted by Crippen LogP contribution is -2.12. The highest BCUT2D eigenvalue weighted by atomic mass is 35.5. The Labute approximate surface area is 106 Å². The number of alkyl halides is 4. The van der Waals surface area contributed by atoms with Crippen molar-refractivity contribution in [2.24, 2.45) is 0 Å². The van der Waals surface area contributed by atoms with E-state index in [2.05, 4.69) is 4.74 Å². The van der Waals surface area contributed by atoms with Crippen LogP contribution in [0, 0.1) is 11.3 Å². The molecular weight excluding hydrogens is 271 g/mol. The molecule has 0 aliphatic heterocycles. The van der Waals surface area contributed by atoms with Crippen molar-refractivity contribution in [3.8, 4) is 6.07 Å². The first-order chi connectivity index (χ1) is 8.35. The predicted molar refractivity (Wildman–Crippen MR) is 57.1 cm³/mol. The Morgan fingerprint density at radius 2 is 2.11 bits per heavy atom. The second-order valence-corrected chi connectivity index (χ2v) is 3.55. The van der Waals surface area contributed by atoms with Crippen LogP contribution in [0.3, 0.4) is 0 Å². The minimum atomic E-state index is -4.65. The van der Waals surface area contributed by atoms with Crippen LogP contribution in [0.1, 0.15) is 27.0 Å². The summed E-state index contributed by atoms with van der Waals surface area (Å²) in [7, 11) is 1.03. The van der Waals surface area contributed by atoms with Crippen LogP contribution in [0.4, 0.5) is 13.2 Å². The van der Waals surface area contributed by atoms with Gasteiger partial charge in [0.2, 0.25) is 0 Å². The van der Waals surface area contributed by atoms with Crippen molar-refractivity contribution in [1.82, 2.24) is 0 Å². The molecule has 1 rings (SSSR count). The number of methoxy groups -OCH3 is 1. The van der Waals surface area contributed by atoms with Gasteiger partial charge in [-0.2, -0.15) is 18.4 Å². The van der Waals surface area contributed by atoms with Crippen LogP contribution in [0.5, 0.6) is 0 Å². The molecule has 0 atom stereocenters. The van der Waals surface area contributed by atoms with Gasteiger partial charge in [-0.15, -0.1) is 11.6 Å². The van der Waals surface area contributed by atoms with Crippen LogP contribution in [0.15, 0.2) is 12.1 Å². The van der Waals surface area contributed by atoms with E-state index in [1.807, 2.05) is 0 Å². The maximum Gasteiger partial charge on any atom is 0.416 e. The van der Waals surface area contributed by atoms with Crippen molar-refractivity contribution in [1.29, 1.82) is 5.26 Å². The number of nitrogens with zero attached hydrogens (tertiary/aromatic N) is 1. The van der Waals surface area contributed by atoms with E-state index in [-0.39, 0.29) is 22.6 Å². The summed E-state index contributed by atoms with van der Waals surface area (Å²) in [5.74, 6) is -1.22. The topological polar surface area (TPSA) is 50.1 Å². The largest absolute Gasteiger partial charge is 0.465 e. The lowest BCUT2D eigenvalue weighted by atomic mass is 9.99. The molecule has 0 fully saturated rings. The van der Waals surface area contributed by atoms with Crippen LogP contribution in [0.25, 0.3) is 0 Å². The normalized spacial score (nSPS) is 10.9. The van der Waals surface area contributed by atoms with Crippen molar-refractivity contribution in [3.63, 3.8) is 0 Å². The molecule has 0 heterocycles. The van der Waals surface area contributed by atoms with Crippen LogP contribution >= 0.6 is 11.6 Å². The fourth-order valence-corrected chi connectivity index (χ4v) is 1.66. The number of esters is 1. The van der Waals surface area contributed by atoms with E-state index < -0.39 is 17.7 Å². The molecule has 1 aromatic carbocycles. The third-order valence-electron chi connectivity index (χ3n) is 2.24. The number of nitriles is 1. The molecule has 0 saturated carbocycles. The van der Waals surface area contributed by atoms with Crippen molar-refractivity contribution in [3.05, 3.63) is 34.4 Å². The molecule has 0 saturated heterocycles. The molecule has 0 unspecified atom stereocenters. The van der Waals surface area contributed by atoms with Crippen LogP contribution in [-0.4, -0.2) is 13.1 Å². The number of ether oxygens (including phenoxy) is 1. The summed E-state index contributed by atoms with van der Waals surface area (Å²) in [5.41, 5.74) is -1.70. The summed E-state index contributed by atoms with van der Waals surface area (Å²) in [4.78, 5) is 11.4. The number of rotatable bonds is 2. The van der Waals surface area contributed by atoms with Gasteiger partial charge in [-0.3, -0.25) is 0 Å². The quantitative estimate of drug-likeness (QED) is 0.616. The van der Waals surface area contributed by atoms with Crippen molar-refractivity contribution in [2.75, 3.05) is 7.11 Å². The number of hydrogen-bond acceptors (Lipinski definition) is 3. The Hall–Kier alpha value is -1.74. The lowest BCUT2D eigenvalue weighted by Gasteiger charge is -2.12. The third-order valence-corrected chi connectivity index (χ3v) is 2.50. The van der Waals surface area contributed by atoms with Crippen molar-refractivity contribution < 1.29 is 22.7 Å². The Bertz CT molecular complexity index is 520. The SMILES string of the molecule is COC(=O)c1cc(C(F)(F)F)cc(C#N)c1CCl. The summed E-state index contributed by atoms with van der Waals surface area (Å²) in [5, 5.41) is 8.79. The van der Waals surface area contributed by atoms with Crippen molar-refractivity contribution in [2.45, 2.75) is 12.1 Å². The highest BCUT2D eigenvalue weighted by Gasteiger charge is 2.33. The maximum atomic E-state index is 12.6. The molecule has 18 heavy (non-hydrogen) atoms. The van der Waals surface area contributed by atoms with Crippen LogP contribution in [0.2, 0.25) is 0 Å². The zero-order valence-electron chi connectivity index (χ0n) is 9.14. The molecule has 0 N–H and O–H groups in total. The van der Waals surface area contributed by atoms with E-state index >= 15 is 0 Å². The Balaban J connectivity index is 3.57. The monoisotopic (exact) mass is 277 g/mol. The van der Waals surface area contributed by atoms with Gasteiger partial charge in [0.15, 0.2) is 0 Å². The van der Waals surface area contributed by atoms with E-state index in [0.717, 1.165) is 7.11 Å². The van der Waals surface area contributed by atoms with Gasteiger partial charge < -0.3 is 4.74 Å². The van der Waals surface area contributed by atoms with E-state index in [0.29, 0.717) is 12.1 Å². The zero-order chi connectivity index (χ0) is 13.9. The molecule has 0 aliphatic carbocycles. The lowest BCUT2D eigenvalue weighted by molar-refractivity contribution is -0.137. The summed E-state index contributed by atoms with van der Waals surface area (Å²) in [6.07, 6.45) is -4.65.